The summed E-state index contributed by atoms with van der Waals surface area (Å²) in [6, 6.07) is -1.49. The van der Waals surface area contributed by atoms with Gasteiger partial charge in [0, 0.05) is 13.0 Å². The lowest BCUT2D eigenvalue weighted by molar-refractivity contribution is -0.154. The average molecular weight is 846 g/mol. The van der Waals surface area contributed by atoms with Gasteiger partial charge >= 0.3 is 19.8 Å². The number of carboxylic acids is 1. The van der Waals surface area contributed by atoms with Crippen LogP contribution in [0.15, 0.2) is 97.2 Å². The Hall–Kier alpha value is -3.11. The molecule has 0 amide bonds. The molecular formula is C48H80NO9P. The third-order valence-electron chi connectivity index (χ3n) is 8.85. The highest BCUT2D eigenvalue weighted by Gasteiger charge is 2.27. The molecular weight excluding hydrogens is 765 g/mol. The Morgan fingerprint density at radius 1 is 0.559 bits per heavy atom. The zero-order chi connectivity index (χ0) is 43.3. The third-order valence-corrected chi connectivity index (χ3v) is 9.80. The highest BCUT2D eigenvalue weighted by Crippen LogP contribution is 2.43. The number of hydrogen-bond acceptors (Lipinski definition) is 8. The highest BCUT2D eigenvalue weighted by molar-refractivity contribution is 7.47. The first-order valence-electron chi connectivity index (χ1n) is 22.3. The summed E-state index contributed by atoms with van der Waals surface area (Å²) < 4.78 is 33.3. The van der Waals surface area contributed by atoms with Crippen LogP contribution in [0.25, 0.3) is 0 Å². The zero-order valence-corrected chi connectivity index (χ0v) is 37.4. The van der Waals surface area contributed by atoms with Crippen molar-refractivity contribution in [2.24, 2.45) is 5.73 Å². The molecule has 0 aromatic carbocycles. The van der Waals surface area contributed by atoms with Crippen molar-refractivity contribution in [3.63, 3.8) is 0 Å². The molecule has 3 atom stereocenters. The number of phosphoric acid groups is 1. The summed E-state index contributed by atoms with van der Waals surface area (Å²) in [5.74, 6) is -1.82. The second kappa shape index (κ2) is 43.0. The molecule has 0 aliphatic rings. The van der Waals surface area contributed by atoms with Crippen LogP contribution in [0.2, 0.25) is 0 Å². The van der Waals surface area contributed by atoms with Crippen LogP contribution in [0.3, 0.4) is 0 Å². The minimum absolute atomic E-state index is 0.0228. The van der Waals surface area contributed by atoms with Crippen LogP contribution >= 0.6 is 7.82 Å². The molecule has 0 bridgehead atoms. The largest absolute Gasteiger partial charge is 0.480 e. The second-order valence-corrected chi connectivity index (χ2v) is 15.9. The molecule has 0 fully saturated rings. The summed E-state index contributed by atoms with van der Waals surface area (Å²) in [5.41, 5.74) is 5.35. The maximum atomic E-state index is 12.6. The molecule has 336 valence electrons. The van der Waals surface area contributed by atoms with E-state index in [9.17, 15) is 19.0 Å². The van der Waals surface area contributed by atoms with Gasteiger partial charge in [-0.2, -0.15) is 0 Å². The predicted molar refractivity (Wildman–Crippen MR) is 244 cm³/mol. The van der Waals surface area contributed by atoms with Crippen LogP contribution in [0.1, 0.15) is 155 Å². The minimum Gasteiger partial charge on any atom is -0.480 e. The molecule has 3 unspecified atom stereocenters. The molecule has 4 N–H and O–H groups in total. The number of carbonyl (C=O) groups is 2. The minimum atomic E-state index is -4.64. The predicted octanol–water partition coefficient (Wildman–Crippen LogP) is 12.5. The molecule has 0 aromatic rings. The van der Waals surface area contributed by atoms with Crippen molar-refractivity contribution >= 4 is 19.8 Å². The number of allylic oxidation sites excluding steroid dienone is 16. The van der Waals surface area contributed by atoms with E-state index in [4.69, 9.17) is 29.4 Å². The number of ether oxygens (including phenoxy) is 2. The molecule has 0 aromatic heterocycles. The SMILES string of the molecule is CC/C=C\C/C=C\C/C=C\C/C=C\C/C=C\C/C=C\C/C=C\CCCCOCC(COP(=O)(O)OCC(N)C(=O)O)OC(=O)CCCCCCC/C=C\CCCCCC. The standard InChI is InChI=1S/C48H80NO9P/c1-3-5-7-9-11-13-15-17-18-19-20-21-22-23-24-25-26-27-29-31-33-35-37-39-41-55-42-45(43-56-59(53,54)57-44-46(49)48(51)52)58-47(50)40-38-36-34-32-30-28-16-14-12-10-8-6-4-2/h5,7,11,13-14,16-18,20-21,23-24,26-27,31,33,45-46H,3-4,6,8-10,12,15,19,22,25,28-30,32,34-44,49H2,1-2H3,(H,51,52)(H,53,54)/b7-5-,13-11-,16-14-,18-17-,21-20-,24-23-,27-26-,33-31-. The zero-order valence-electron chi connectivity index (χ0n) is 36.6. The van der Waals surface area contributed by atoms with Gasteiger partial charge in [0.05, 0.1) is 19.8 Å². The molecule has 0 saturated heterocycles. The number of aliphatic carboxylic acids is 1. The van der Waals surface area contributed by atoms with Crippen molar-refractivity contribution in [2.75, 3.05) is 26.4 Å². The van der Waals surface area contributed by atoms with Crippen molar-refractivity contribution in [1.29, 1.82) is 0 Å². The van der Waals surface area contributed by atoms with Gasteiger partial charge in [-0.05, 0) is 96.3 Å². The van der Waals surface area contributed by atoms with Crippen LogP contribution < -0.4 is 5.73 Å². The van der Waals surface area contributed by atoms with E-state index in [-0.39, 0.29) is 13.0 Å². The quantitative estimate of drug-likeness (QED) is 0.0234. The number of esters is 1. The highest BCUT2D eigenvalue weighted by atomic mass is 31.2. The molecule has 0 aliphatic heterocycles. The van der Waals surface area contributed by atoms with Crippen molar-refractivity contribution < 1.29 is 42.7 Å². The van der Waals surface area contributed by atoms with Crippen LogP contribution in [0.4, 0.5) is 0 Å². The maximum absolute atomic E-state index is 12.6. The molecule has 0 radical (unpaired) electrons. The van der Waals surface area contributed by atoms with E-state index in [0.717, 1.165) is 103 Å². The van der Waals surface area contributed by atoms with E-state index in [1.165, 1.54) is 25.7 Å². The Bertz CT molecular complexity index is 1300. The van der Waals surface area contributed by atoms with Gasteiger partial charge in [0.2, 0.25) is 0 Å². The summed E-state index contributed by atoms with van der Waals surface area (Å²) >= 11 is 0. The second-order valence-electron chi connectivity index (χ2n) is 14.4. The monoisotopic (exact) mass is 846 g/mol. The van der Waals surface area contributed by atoms with Crippen LogP contribution in [-0.4, -0.2) is 60.5 Å². The van der Waals surface area contributed by atoms with Gasteiger partial charge in [0.1, 0.15) is 12.1 Å². The Morgan fingerprint density at radius 3 is 1.49 bits per heavy atom. The van der Waals surface area contributed by atoms with Crippen molar-refractivity contribution in [3.8, 4) is 0 Å². The third kappa shape index (κ3) is 42.8. The van der Waals surface area contributed by atoms with Crippen LogP contribution in [-0.2, 0) is 32.7 Å². The number of phosphoric ester groups is 1. The van der Waals surface area contributed by atoms with E-state index in [2.05, 4.69) is 111 Å². The Kier molecular flexibility index (Phi) is 40.7. The van der Waals surface area contributed by atoms with Crippen LogP contribution in [0, 0.1) is 0 Å². The molecule has 0 saturated carbocycles. The normalized spacial score (nSPS) is 14.8. The van der Waals surface area contributed by atoms with Gasteiger partial charge < -0.3 is 25.2 Å². The number of rotatable bonds is 41. The maximum Gasteiger partial charge on any atom is 0.472 e. The lowest BCUT2D eigenvalue weighted by Gasteiger charge is -2.20. The smallest absolute Gasteiger partial charge is 0.472 e. The van der Waals surface area contributed by atoms with Gasteiger partial charge in [-0.25, -0.2) is 4.57 Å². The molecule has 0 heterocycles. The summed E-state index contributed by atoms with van der Waals surface area (Å²) in [6.07, 6.45) is 56.1. The summed E-state index contributed by atoms with van der Waals surface area (Å²) in [4.78, 5) is 33.5. The van der Waals surface area contributed by atoms with E-state index < -0.39 is 45.1 Å². The molecule has 59 heavy (non-hydrogen) atoms. The molecule has 10 nitrogen and oxygen atoms in total. The first-order chi connectivity index (χ1) is 28.7. The molecule has 0 aliphatic carbocycles. The molecule has 0 rings (SSSR count). The van der Waals surface area contributed by atoms with E-state index in [1.807, 2.05) is 0 Å². The van der Waals surface area contributed by atoms with Gasteiger partial charge in [-0.1, -0.05) is 150 Å². The van der Waals surface area contributed by atoms with E-state index in [1.54, 1.807) is 0 Å². The van der Waals surface area contributed by atoms with Crippen LogP contribution in [0.5, 0.6) is 0 Å². The lowest BCUT2D eigenvalue weighted by Crippen LogP contribution is -2.34. The summed E-state index contributed by atoms with van der Waals surface area (Å²) in [5, 5.41) is 8.90. The number of unbranched alkanes of at least 4 members (excludes halogenated alkanes) is 11. The summed E-state index contributed by atoms with van der Waals surface area (Å²) in [7, 11) is -4.64. The molecule has 11 heteroatoms. The fourth-order valence-corrected chi connectivity index (χ4v) is 6.18. The van der Waals surface area contributed by atoms with Gasteiger partial charge in [-0.3, -0.25) is 18.6 Å². The topological polar surface area (TPSA) is 155 Å². The number of hydrogen-bond donors (Lipinski definition) is 3. The van der Waals surface area contributed by atoms with Gasteiger partial charge in [0.15, 0.2) is 0 Å². The van der Waals surface area contributed by atoms with Crippen molar-refractivity contribution in [3.05, 3.63) is 97.2 Å². The fourth-order valence-electron chi connectivity index (χ4n) is 5.40. The summed E-state index contributed by atoms with van der Waals surface area (Å²) in [6.45, 7) is 3.60. The van der Waals surface area contributed by atoms with E-state index >= 15 is 0 Å². The van der Waals surface area contributed by atoms with Gasteiger partial charge in [-0.15, -0.1) is 0 Å². The van der Waals surface area contributed by atoms with Gasteiger partial charge in [0.25, 0.3) is 0 Å². The Morgan fingerprint density at radius 2 is 0.983 bits per heavy atom. The number of nitrogens with two attached hydrogens (primary N) is 1. The average Bonchev–Trinajstić information content (AvgIpc) is 3.21. The fraction of sp³-hybridized carbons (Fsp3) is 0.625. The van der Waals surface area contributed by atoms with Crippen molar-refractivity contribution in [2.45, 2.75) is 167 Å². The van der Waals surface area contributed by atoms with E-state index in [0.29, 0.717) is 13.0 Å². The number of carbonyl (C=O) groups excluding carboxylic acids is 1. The Labute approximate surface area is 358 Å². The molecule has 0 spiro atoms. The first-order valence-corrected chi connectivity index (χ1v) is 23.8. The number of carboxylic acid groups (broad SMARTS) is 1. The van der Waals surface area contributed by atoms with Crippen molar-refractivity contribution in [1.82, 2.24) is 0 Å². The Balaban J connectivity index is 4.33. The first kappa shape index (κ1) is 55.9. The lowest BCUT2D eigenvalue weighted by atomic mass is 10.1.